The molecule has 2 aliphatic carbocycles. The first kappa shape index (κ1) is 21.6. The van der Waals surface area contributed by atoms with Crippen LogP contribution in [0.25, 0.3) is 11.1 Å². The summed E-state index contributed by atoms with van der Waals surface area (Å²) in [5, 5.41) is 1.48. The van der Waals surface area contributed by atoms with Crippen molar-refractivity contribution in [1.82, 2.24) is 0 Å². The summed E-state index contributed by atoms with van der Waals surface area (Å²) < 4.78 is 0. The monoisotopic (exact) mass is 429 g/mol. The van der Waals surface area contributed by atoms with Gasteiger partial charge in [-0.25, -0.2) is 0 Å². The van der Waals surface area contributed by atoms with Gasteiger partial charge in [-0.05, 0) is 34.7 Å². The normalized spacial score (nSPS) is 15.3. The summed E-state index contributed by atoms with van der Waals surface area (Å²) in [4.78, 5) is 0. The minimum atomic E-state index is -1.35. The average molecular weight is 431 g/mol. The Bertz CT molecular complexity index is 712. The number of hydrogen-bond acceptors (Lipinski definition) is 0. The van der Waals surface area contributed by atoms with Gasteiger partial charge in [-0.3, -0.25) is 0 Å². The second kappa shape index (κ2) is 9.33. The second-order valence-corrected chi connectivity index (χ2v) is 9.53. The Balaban J connectivity index is 0.000000960. The third-order valence-electron chi connectivity index (χ3n) is 4.61. The first-order chi connectivity index (χ1) is 10.3. The Hall–Kier alpha value is -0.409. The SMILES string of the molecule is Cl[SiH](CC1c2ccccc2-c2ccccc21)C1=CC=CC1.[Cl-].[Cl-].[V+2]. The van der Waals surface area contributed by atoms with E-state index in [0.717, 1.165) is 12.5 Å². The van der Waals surface area contributed by atoms with Crippen LogP contribution in [0.3, 0.4) is 0 Å². The average Bonchev–Trinajstić information content (AvgIpc) is 3.15. The molecule has 0 saturated heterocycles. The maximum Gasteiger partial charge on any atom is 2.00 e. The van der Waals surface area contributed by atoms with E-state index in [1.807, 2.05) is 0 Å². The zero-order valence-electron chi connectivity index (χ0n) is 13.0. The van der Waals surface area contributed by atoms with Crippen molar-refractivity contribution in [2.45, 2.75) is 18.4 Å². The number of allylic oxidation sites excluding steroid dienone is 4. The van der Waals surface area contributed by atoms with Gasteiger partial charge in [-0.15, -0.1) is 0 Å². The first-order valence-corrected chi connectivity index (χ1v) is 10.7. The van der Waals surface area contributed by atoms with Gasteiger partial charge in [0.1, 0.15) is 0 Å². The summed E-state index contributed by atoms with van der Waals surface area (Å²) in [5.41, 5.74) is 5.72. The minimum Gasteiger partial charge on any atom is -1.00 e. The predicted molar refractivity (Wildman–Crippen MR) is 93.4 cm³/mol. The van der Waals surface area contributed by atoms with Crippen LogP contribution in [0, 0.1) is 0 Å². The van der Waals surface area contributed by atoms with Crippen molar-refractivity contribution in [3.8, 4) is 11.1 Å². The van der Waals surface area contributed by atoms with Crippen molar-refractivity contribution in [1.29, 1.82) is 0 Å². The number of benzene rings is 2. The quantitative estimate of drug-likeness (QED) is 0.442. The smallest absolute Gasteiger partial charge is 1.00 e. The van der Waals surface area contributed by atoms with Crippen molar-refractivity contribution < 1.29 is 43.4 Å². The molecule has 0 bridgehead atoms. The van der Waals surface area contributed by atoms with E-state index in [4.69, 9.17) is 11.1 Å². The van der Waals surface area contributed by atoms with Crippen molar-refractivity contribution in [3.63, 3.8) is 0 Å². The molecule has 0 fully saturated rings. The molecule has 0 heterocycles. The van der Waals surface area contributed by atoms with E-state index in [1.165, 1.54) is 27.5 Å². The van der Waals surface area contributed by atoms with Crippen molar-refractivity contribution in [2.24, 2.45) is 0 Å². The molecule has 0 saturated carbocycles. The molecule has 24 heavy (non-hydrogen) atoms. The van der Waals surface area contributed by atoms with Crippen molar-refractivity contribution in [2.75, 3.05) is 0 Å². The zero-order chi connectivity index (χ0) is 14.2. The minimum absolute atomic E-state index is 0. The van der Waals surface area contributed by atoms with Gasteiger partial charge in [0.2, 0.25) is 0 Å². The molecule has 2 aromatic carbocycles. The Morgan fingerprint density at radius 2 is 1.46 bits per heavy atom. The second-order valence-electron chi connectivity index (χ2n) is 5.80. The molecule has 123 valence electrons. The van der Waals surface area contributed by atoms with Gasteiger partial charge in [0.15, 0.2) is 8.11 Å². The van der Waals surface area contributed by atoms with Crippen LogP contribution in [0.1, 0.15) is 23.5 Å². The van der Waals surface area contributed by atoms with Crippen LogP contribution in [0.4, 0.5) is 0 Å². The van der Waals surface area contributed by atoms with Crippen LogP contribution in [-0.4, -0.2) is 8.11 Å². The molecule has 0 spiro atoms. The first-order valence-electron chi connectivity index (χ1n) is 7.52. The number of rotatable bonds is 3. The molecule has 4 rings (SSSR count). The molecule has 0 amide bonds. The molecule has 1 unspecified atom stereocenters. The maximum absolute atomic E-state index is 6.83. The van der Waals surface area contributed by atoms with E-state index >= 15 is 0 Å². The fourth-order valence-electron chi connectivity index (χ4n) is 3.57. The molecule has 0 aromatic heterocycles. The van der Waals surface area contributed by atoms with E-state index in [1.54, 1.807) is 0 Å². The molecule has 0 nitrogen and oxygen atoms in total. The standard InChI is InChI=1S/C19H17ClSi.2ClH.V/c20-21(14-7-1-2-8-14)13-19-17-11-5-3-9-15(17)16-10-4-6-12-18(16)19;;;/h1-7,9-12,19,21H,8,13H2;2*1H;/q;;;+2/p-2. The topological polar surface area (TPSA) is 0 Å². The maximum atomic E-state index is 6.83. The number of halogens is 3. The van der Waals surface area contributed by atoms with Gasteiger partial charge in [0, 0.05) is 5.92 Å². The number of fused-ring (bicyclic) bond motifs is 3. The summed E-state index contributed by atoms with van der Waals surface area (Å²) in [7, 11) is -1.35. The van der Waals surface area contributed by atoms with E-state index < -0.39 is 8.11 Å². The van der Waals surface area contributed by atoms with Gasteiger partial charge in [0.05, 0.1) is 0 Å². The van der Waals surface area contributed by atoms with E-state index in [0.29, 0.717) is 5.92 Å². The fraction of sp³-hybridized carbons (Fsp3) is 0.158. The van der Waals surface area contributed by atoms with E-state index in [9.17, 15) is 0 Å². The Labute approximate surface area is 174 Å². The third kappa shape index (κ3) is 3.88. The Morgan fingerprint density at radius 3 is 1.96 bits per heavy atom. The number of hydrogen-bond donors (Lipinski definition) is 0. The summed E-state index contributed by atoms with van der Waals surface area (Å²) in [6, 6.07) is 18.7. The summed E-state index contributed by atoms with van der Waals surface area (Å²) >= 11 is 6.83. The van der Waals surface area contributed by atoms with Crippen LogP contribution >= 0.6 is 11.1 Å². The van der Waals surface area contributed by atoms with Gasteiger partial charge < -0.3 is 24.8 Å². The van der Waals surface area contributed by atoms with Crippen LogP contribution in [-0.2, 0) is 18.6 Å². The summed E-state index contributed by atoms with van der Waals surface area (Å²) in [6.45, 7) is 0. The third-order valence-corrected chi connectivity index (χ3v) is 8.10. The molecule has 2 aromatic rings. The molecule has 1 radical (unpaired) electrons. The molecular weight excluding hydrogens is 414 g/mol. The molecule has 2 aliphatic rings. The van der Waals surface area contributed by atoms with Gasteiger partial charge in [-0.1, -0.05) is 72.0 Å². The van der Waals surface area contributed by atoms with E-state index in [2.05, 4.69) is 66.8 Å². The van der Waals surface area contributed by atoms with Crippen LogP contribution in [0.2, 0.25) is 6.04 Å². The van der Waals surface area contributed by atoms with Gasteiger partial charge >= 0.3 is 18.6 Å². The Morgan fingerprint density at radius 1 is 0.917 bits per heavy atom. The van der Waals surface area contributed by atoms with Crippen LogP contribution in [0.15, 0.2) is 72.0 Å². The molecular formula is C19H17Cl3SiV. The fourth-order valence-corrected chi connectivity index (χ4v) is 6.52. The van der Waals surface area contributed by atoms with Crippen LogP contribution < -0.4 is 24.8 Å². The van der Waals surface area contributed by atoms with E-state index in [-0.39, 0.29) is 43.4 Å². The molecule has 5 heteroatoms. The van der Waals surface area contributed by atoms with Gasteiger partial charge in [-0.2, -0.15) is 11.1 Å². The largest absolute Gasteiger partial charge is 2.00 e. The zero-order valence-corrected chi connectivity index (χ0v) is 17.8. The summed E-state index contributed by atoms with van der Waals surface area (Å²) in [6.07, 6.45) is 7.66. The van der Waals surface area contributed by atoms with Crippen molar-refractivity contribution in [3.05, 3.63) is 83.1 Å². The Kier molecular flexibility index (Phi) is 8.41. The van der Waals surface area contributed by atoms with Crippen molar-refractivity contribution >= 4 is 19.2 Å². The van der Waals surface area contributed by atoms with Crippen LogP contribution in [0.5, 0.6) is 0 Å². The molecule has 1 atom stereocenters. The van der Waals surface area contributed by atoms with Gasteiger partial charge in [0.25, 0.3) is 0 Å². The molecule has 0 aliphatic heterocycles. The molecule has 0 N–H and O–H groups in total. The summed E-state index contributed by atoms with van der Waals surface area (Å²) in [5.74, 6) is 0.480. The predicted octanol–water partition coefficient (Wildman–Crippen LogP) is -0.807.